The number of hydrogen-bond donors (Lipinski definition) is 2. The van der Waals surface area contributed by atoms with Gasteiger partial charge in [0.2, 0.25) is 10.0 Å². The van der Waals surface area contributed by atoms with Crippen molar-refractivity contribution in [1.29, 1.82) is 0 Å². The smallest absolute Gasteiger partial charge is 0.242 e. The van der Waals surface area contributed by atoms with Crippen molar-refractivity contribution in [1.82, 2.24) is 9.29 Å². The molecule has 1 heterocycles. The normalized spacial score (nSPS) is 19.1. The van der Waals surface area contributed by atoms with Crippen LogP contribution in [0.4, 0.5) is 0 Å². The Morgan fingerprint density at radius 1 is 1.40 bits per heavy atom. The first-order chi connectivity index (χ1) is 9.44. The van der Waals surface area contributed by atoms with Crippen molar-refractivity contribution in [2.75, 3.05) is 0 Å². The molecule has 6 heteroatoms. The molecule has 0 aromatic carbocycles. The van der Waals surface area contributed by atoms with Crippen molar-refractivity contribution in [2.24, 2.45) is 18.7 Å². The molecule has 0 bridgehead atoms. The topological polar surface area (TPSA) is 77.1 Å². The van der Waals surface area contributed by atoms with Crippen molar-refractivity contribution in [3.63, 3.8) is 0 Å². The Kier molecular flexibility index (Phi) is 4.88. The second-order valence-corrected chi connectivity index (χ2v) is 7.50. The Morgan fingerprint density at radius 3 is 2.60 bits per heavy atom. The van der Waals surface area contributed by atoms with Crippen molar-refractivity contribution >= 4 is 10.0 Å². The molecule has 2 rings (SSSR count). The Hall–Kier alpha value is -0.850. The van der Waals surface area contributed by atoms with Crippen LogP contribution in [0.3, 0.4) is 0 Å². The lowest BCUT2D eigenvalue weighted by Gasteiger charge is -2.27. The molecule has 1 aliphatic carbocycles. The lowest BCUT2D eigenvalue weighted by Crippen LogP contribution is -2.38. The lowest BCUT2D eigenvalue weighted by atomic mass is 9.85. The largest absolute Gasteiger partial charge is 0.352 e. The van der Waals surface area contributed by atoms with E-state index in [2.05, 4.69) is 4.72 Å². The molecule has 1 aromatic rings. The minimum atomic E-state index is -3.45. The minimum Gasteiger partial charge on any atom is -0.352 e. The van der Waals surface area contributed by atoms with E-state index in [-0.39, 0.29) is 6.04 Å². The fraction of sp³-hybridized carbons (Fsp3) is 0.714. The summed E-state index contributed by atoms with van der Waals surface area (Å²) >= 11 is 0. The summed E-state index contributed by atoms with van der Waals surface area (Å²) in [4.78, 5) is 0.308. The van der Waals surface area contributed by atoms with E-state index in [4.69, 9.17) is 5.73 Å². The number of sulfonamides is 1. The van der Waals surface area contributed by atoms with Crippen LogP contribution in [0.1, 0.15) is 44.7 Å². The van der Waals surface area contributed by atoms with Gasteiger partial charge in [-0.05, 0) is 31.7 Å². The van der Waals surface area contributed by atoms with Gasteiger partial charge in [-0.25, -0.2) is 13.1 Å². The average Bonchev–Trinajstić information content (AvgIpc) is 2.81. The van der Waals surface area contributed by atoms with Crippen LogP contribution in [-0.2, 0) is 23.6 Å². The molecular weight excluding hydrogens is 274 g/mol. The standard InChI is InChI=1S/C14H25N3O2S/c1-11(12-6-4-3-5-7-12)16-20(18,19)14-8-13(9-15)17(2)10-14/h8,10-12,16H,3-7,9,15H2,1-2H3. The van der Waals surface area contributed by atoms with E-state index in [0.717, 1.165) is 18.5 Å². The van der Waals surface area contributed by atoms with Crippen LogP contribution < -0.4 is 10.5 Å². The molecule has 0 amide bonds. The fourth-order valence-corrected chi connectivity index (χ4v) is 4.38. The zero-order valence-electron chi connectivity index (χ0n) is 12.3. The molecule has 1 fully saturated rings. The molecule has 1 aliphatic rings. The number of hydrogen-bond acceptors (Lipinski definition) is 3. The van der Waals surface area contributed by atoms with Gasteiger partial charge < -0.3 is 10.3 Å². The molecule has 0 spiro atoms. The molecule has 1 unspecified atom stereocenters. The van der Waals surface area contributed by atoms with Crippen molar-refractivity contribution < 1.29 is 8.42 Å². The summed E-state index contributed by atoms with van der Waals surface area (Å²) in [5, 5.41) is 0. The third kappa shape index (κ3) is 3.42. The number of rotatable bonds is 5. The zero-order chi connectivity index (χ0) is 14.8. The summed E-state index contributed by atoms with van der Waals surface area (Å²) in [6, 6.07) is 1.64. The van der Waals surface area contributed by atoms with Crippen LogP contribution in [0.5, 0.6) is 0 Å². The maximum atomic E-state index is 12.4. The molecule has 1 atom stereocenters. The predicted octanol–water partition coefficient (Wildman–Crippen LogP) is 1.73. The molecule has 1 saturated carbocycles. The number of aromatic nitrogens is 1. The Balaban J connectivity index is 2.09. The van der Waals surface area contributed by atoms with Gasteiger partial charge in [-0.15, -0.1) is 0 Å². The second-order valence-electron chi connectivity index (χ2n) is 5.79. The fourth-order valence-electron chi connectivity index (χ4n) is 2.97. The minimum absolute atomic E-state index is 0.0122. The number of aryl methyl sites for hydroxylation is 1. The van der Waals surface area contributed by atoms with Gasteiger partial charge in [-0.1, -0.05) is 19.3 Å². The van der Waals surface area contributed by atoms with E-state index in [9.17, 15) is 8.42 Å². The maximum absolute atomic E-state index is 12.4. The summed E-state index contributed by atoms with van der Waals surface area (Å²) in [5.74, 6) is 0.455. The number of nitrogens with two attached hydrogens (primary N) is 1. The summed E-state index contributed by atoms with van der Waals surface area (Å²) in [6.07, 6.45) is 7.55. The monoisotopic (exact) mass is 299 g/mol. The van der Waals surface area contributed by atoms with Crippen molar-refractivity contribution in [3.05, 3.63) is 18.0 Å². The van der Waals surface area contributed by atoms with Crippen LogP contribution in [0, 0.1) is 5.92 Å². The molecule has 1 aromatic heterocycles. The number of nitrogens with zero attached hydrogens (tertiary/aromatic N) is 1. The molecule has 20 heavy (non-hydrogen) atoms. The predicted molar refractivity (Wildman–Crippen MR) is 79.7 cm³/mol. The highest BCUT2D eigenvalue weighted by Crippen LogP contribution is 2.27. The van der Waals surface area contributed by atoms with Gasteiger partial charge in [-0.2, -0.15) is 0 Å². The van der Waals surface area contributed by atoms with Gasteiger partial charge in [0.05, 0.1) is 4.90 Å². The molecule has 5 nitrogen and oxygen atoms in total. The average molecular weight is 299 g/mol. The second kappa shape index (κ2) is 6.28. The van der Waals surface area contributed by atoms with E-state index >= 15 is 0 Å². The first-order valence-electron chi connectivity index (χ1n) is 7.31. The summed E-state index contributed by atoms with van der Waals surface area (Å²) in [6.45, 7) is 2.31. The molecule has 0 aliphatic heterocycles. The lowest BCUT2D eigenvalue weighted by molar-refractivity contribution is 0.303. The third-order valence-electron chi connectivity index (χ3n) is 4.30. The van der Waals surface area contributed by atoms with Gasteiger partial charge >= 0.3 is 0 Å². The van der Waals surface area contributed by atoms with Crippen LogP contribution >= 0.6 is 0 Å². The molecule has 0 radical (unpaired) electrons. The van der Waals surface area contributed by atoms with Gasteiger partial charge in [0, 0.05) is 31.5 Å². The SMILES string of the molecule is CC(NS(=O)(=O)c1cc(CN)n(C)c1)C1CCCCC1. The summed E-state index contributed by atoms with van der Waals surface area (Å²) < 4.78 is 29.4. The summed E-state index contributed by atoms with van der Waals surface area (Å²) in [7, 11) is -1.64. The molecule has 3 N–H and O–H groups in total. The first kappa shape index (κ1) is 15.5. The molecular formula is C14H25N3O2S. The summed E-state index contributed by atoms with van der Waals surface area (Å²) in [5.41, 5.74) is 6.40. The highest BCUT2D eigenvalue weighted by atomic mass is 32.2. The van der Waals surface area contributed by atoms with Crippen LogP contribution in [0.2, 0.25) is 0 Å². The van der Waals surface area contributed by atoms with Gasteiger partial charge in [0.1, 0.15) is 0 Å². The van der Waals surface area contributed by atoms with Crippen LogP contribution in [-0.4, -0.2) is 19.0 Å². The Labute approximate surface area is 121 Å². The van der Waals surface area contributed by atoms with Gasteiger partial charge in [0.25, 0.3) is 0 Å². The highest BCUT2D eigenvalue weighted by molar-refractivity contribution is 7.89. The highest BCUT2D eigenvalue weighted by Gasteiger charge is 2.26. The van der Waals surface area contributed by atoms with E-state index in [1.165, 1.54) is 19.3 Å². The van der Waals surface area contributed by atoms with Crippen LogP contribution in [0.25, 0.3) is 0 Å². The van der Waals surface area contributed by atoms with E-state index < -0.39 is 10.0 Å². The van der Waals surface area contributed by atoms with Crippen molar-refractivity contribution in [2.45, 2.75) is 56.5 Å². The first-order valence-corrected chi connectivity index (χ1v) is 8.80. The van der Waals surface area contributed by atoms with Crippen LogP contribution in [0.15, 0.2) is 17.2 Å². The van der Waals surface area contributed by atoms with E-state index in [0.29, 0.717) is 17.4 Å². The number of nitrogens with one attached hydrogen (secondary N) is 1. The Bertz CT molecular complexity index is 545. The van der Waals surface area contributed by atoms with Gasteiger partial charge in [0.15, 0.2) is 0 Å². The van der Waals surface area contributed by atoms with Crippen molar-refractivity contribution in [3.8, 4) is 0 Å². The van der Waals surface area contributed by atoms with E-state index in [1.807, 2.05) is 14.0 Å². The molecule has 114 valence electrons. The third-order valence-corrected chi connectivity index (χ3v) is 5.83. The Morgan fingerprint density at radius 2 is 2.05 bits per heavy atom. The van der Waals surface area contributed by atoms with E-state index in [1.54, 1.807) is 16.8 Å². The zero-order valence-corrected chi connectivity index (χ0v) is 13.1. The maximum Gasteiger partial charge on any atom is 0.242 e. The quantitative estimate of drug-likeness (QED) is 0.869. The van der Waals surface area contributed by atoms with Gasteiger partial charge in [-0.3, -0.25) is 0 Å². The molecule has 0 saturated heterocycles.